The summed E-state index contributed by atoms with van der Waals surface area (Å²) < 4.78 is 0. The summed E-state index contributed by atoms with van der Waals surface area (Å²) in [7, 11) is -0.143. The second kappa shape index (κ2) is 4.14. The molecule has 0 bridgehead atoms. The number of nitro groups is 1. The molecule has 0 spiro atoms. The van der Waals surface area contributed by atoms with Crippen LogP contribution in [0, 0.1) is 10.1 Å². The molecule has 1 unspecified atom stereocenters. The molecule has 1 aromatic rings. The average molecular weight is 185 g/mol. The van der Waals surface area contributed by atoms with Crippen LogP contribution in [-0.4, -0.2) is 9.82 Å². The van der Waals surface area contributed by atoms with Crippen LogP contribution in [0.3, 0.4) is 0 Å². The standard InChI is InChI=1S/C7H8NO3P/c9-8(10)7-3-1-6(2-4-7)5-12-11/h1-4,11-12H,5H2. The van der Waals surface area contributed by atoms with Gasteiger partial charge in [0.15, 0.2) is 0 Å². The van der Waals surface area contributed by atoms with Gasteiger partial charge in [-0.05, 0) is 5.56 Å². The van der Waals surface area contributed by atoms with Gasteiger partial charge in [0.1, 0.15) is 0 Å². The van der Waals surface area contributed by atoms with E-state index in [2.05, 4.69) is 0 Å². The van der Waals surface area contributed by atoms with E-state index in [4.69, 9.17) is 4.89 Å². The minimum absolute atomic E-state index is 0.0834. The van der Waals surface area contributed by atoms with E-state index in [0.29, 0.717) is 6.16 Å². The van der Waals surface area contributed by atoms with Crippen LogP contribution < -0.4 is 0 Å². The lowest BCUT2D eigenvalue weighted by Crippen LogP contribution is -1.87. The first kappa shape index (κ1) is 9.10. The molecule has 1 rings (SSSR count). The summed E-state index contributed by atoms with van der Waals surface area (Å²) in [6, 6.07) is 6.19. The first-order valence-electron chi connectivity index (χ1n) is 3.34. The fraction of sp³-hybridized carbons (Fsp3) is 0.143. The zero-order valence-electron chi connectivity index (χ0n) is 6.23. The van der Waals surface area contributed by atoms with Gasteiger partial charge in [0.2, 0.25) is 0 Å². The van der Waals surface area contributed by atoms with E-state index in [0.717, 1.165) is 5.56 Å². The molecule has 1 atom stereocenters. The van der Waals surface area contributed by atoms with Gasteiger partial charge in [0.05, 0.1) is 4.92 Å². The molecule has 0 saturated carbocycles. The van der Waals surface area contributed by atoms with Gasteiger partial charge in [-0.1, -0.05) is 12.1 Å². The van der Waals surface area contributed by atoms with Crippen molar-refractivity contribution >= 4 is 14.5 Å². The van der Waals surface area contributed by atoms with Crippen molar-refractivity contribution < 1.29 is 9.82 Å². The van der Waals surface area contributed by atoms with E-state index in [-0.39, 0.29) is 14.5 Å². The van der Waals surface area contributed by atoms with Gasteiger partial charge >= 0.3 is 0 Å². The molecule has 0 aromatic heterocycles. The van der Waals surface area contributed by atoms with E-state index in [1.54, 1.807) is 12.1 Å². The Morgan fingerprint density at radius 3 is 2.42 bits per heavy atom. The zero-order chi connectivity index (χ0) is 8.97. The lowest BCUT2D eigenvalue weighted by molar-refractivity contribution is -0.384. The summed E-state index contributed by atoms with van der Waals surface area (Å²) >= 11 is 0. The molecule has 12 heavy (non-hydrogen) atoms. The van der Waals surface area contributed by atoms with Gasteiger partial charge in [-0.3, -0.25) is 10.1 Å². The number of hydrogen-bond donors (Lipinski definition) is 1. The molecule has 0 heterocycles. The normalized spacial score (nSPS) is 10.8. The number of nitro benzene ring substituents is 1. The van der Waals surface area contributed by atoms with Crippen molar-refractivity contribution in [2.24, 2.45) is 0 Å². The summed E-state index contributed by atoms with van der Waals surface area (Å²) in [5, 5.41) is 10.2. The third-order valence-corrected chi connectivity index (χ3v) is 2.00. The van der Waals surface area contributed by atoms with Crippen LogP contribution in [-0.2, 0) is 6.16 Å². The Morgan fingerprint density at radius 2 is 2.00 bits per heavy atom. The topological polar surface area (TPSA) is 63.4 Å². The molecular formula is C7H8NO3P. The highest BCUT2D eigenvalue weighted by molar-refractivity contribution is 7.30. The van der Waals surface area contributed by atoms with Crippen molar-refractivity contribution in [3.8, 4) is 0 Å². The number of benzene rings is 1. The molecule has 0 saturated heterocycles. The summed E-state index contributed by atoms with van der Waals surface area (Å²) in [6.45, 7) is 0. The van der Waals surface area contributed by atoms with Gasteiger partial charge in [-0.25, -0.2) is 0 Å². The minimum atomic E-state index is -0.439. The van der Waals surface area contributed by atoms with E-state index in [1.165, 1.54) is 12.1 Å². The summed E-state index contributed by atoms with van der Waals surface area (Å²) in [5.74, 6) is 0. The molecule has 0 amide bonds. The monoisotopic (exact) mass is 185 g/mol. The molecule has 64 valence electrons. The molecule has 0 aliphatic heterocycles. The van der Waals surface area contributed by atoms with Crippen molar-refractivity contribution in [2.75, 3.05) is 0 Å². The quantitative estimate of drug-likeness (QED) is 0.442. The van der Waals surface area contributed by atoms with E-state index >= 15 is 0 Å². The fourth-order valence-electron chi connectivity index (χ4n) is 0.827. The lowest BCUT2D eigenvalue weighted by Gasteiger charge is -1.95. The molecule has 0 aliphatic rings. The Morgan fingerprint density at radius 1 is 1.42 bits per heavy atom. The SMILES string of the molecule is O=[N+]([O-])c1ccc(CPO)cc1. The molecule has 0 fully saturated rings. The predicted octanol–water partition coefficient (Wildman–Crippen LogP) is 1.68. The molecular weight excluding hydrogens is 177 g/mol. The van der Waals surface area contributed by atoms with Crippen LogP contribution in [0.4, 0.5) is 5.69 Å². The molecule has 4 nitrogen and oxygen atoms in total. The molecule has 1 aromatic carbocycles. The van der Waals surface area contributed by atoms with E-state index in [9.17, 15) is 10.1 Å². The van der Waals surface area contributed by atoms with E-state index in [1.807, 2.05) is 0 Å². The molecule has 1 N–H and O–H groups in total. The van der Waals surface area contributed by atoms with Gasteiger partial charge < -0.3 is 4.89 Å². The van der Waals surface area contributed by atoms with Crippen LogP contribution in [0.5, 0.6) is 0 Å². The Kier molecular flexibility index (Phi) is 3.14. The Hall–Kier alpha value is -0.990. The first-order chi connectivity index (χ1) is 5.74. The van der Waals surface area contributed by atoms with Crippen LogP contribution in [0.1, 0.15) is 5.56 Å². The maximum atomic E-state index is 10.2. The highest BCUT2D eigenvalue weighted by Crippen LogP contribution is 2.17. The highest BCUT2D eigenvalue weighted by Gasteiger charge is 2.02. The predicted molar refractivity (Wildman–Crippen MR) is 47.3 cm³/mol. The zero-order valence-corrected chi connectivity index (χ0v) is 7.23. The van der Waals surface area contributed by atoms with E-state index < -0.39 is 4.92 Å². The molecule has 5 heteroatoms. The maximum absolute atomic E-state index is 10.2. The molecule has 0 aliphatic carbocycles. The summed E-state index contributed by atoms with van der Waals surface area (Å²) in [6.07, 6.45) is 0.567. The van der Waals surface area contributed by atoms with Gasteiger partial charge in [-0.2, -0.15) is 0 Å². The third kappa shape index (κ3) is 2.26. The number of rotatable bonds is 3. The lowest BCUT2D eigenvalue weighted by atomic mass is 10.2. The average Bonchev–Trinajstić information content (AvgIpc) is 2.06. The van der Waals surface area contributed by atoms with Crippen molar-refractivity contribution in [2.45, 2.75) is 6.16 Å². The second-order valence-corrected chi connectivity index (χ2v) is 2.93. The van der Waals surface area contributed by atoms with Crippen LogP contribution >= 0.6 is 8.81 Å². The number of non-ortho nitro benzene ring substituents is 1. The summed E-state index contributed by atoms with van der Waals surface area (Å²) in [5.41, 5.74) is 1.00. The first-order valence-corrected chi connectivity index (χ1v) is 4.50. The van der Waals surface area contributed by atoms with Crippen molar-refractivity contribution in [1.29, 1.82) is 0 Å². The van der Waals surface area contributed by atoms with Crippen LogP contribution in [0.25, 0.3) is 0 Å². The fourth-order valence-corrected chi connectivity index (χ4v) is 1.25. The Bertz CT molecular complexity index is 272. The highest BCUT2D eigenvalue weighted by atomic mass is 31.1. The molecule has 0 radical (unpaired) electrons. The van der Waals surface area contributed by atoms with Gasteiger partial charge in [0, 0.05) is 27.1 Å². The minimum Gasteiger partial charge on any atom is -0.377 e. The maximum Gasteiger partial charge on any atom is 0.269 e. The largest absolute Gasteiger partial charge is 0.377 e. The van der Waals surface area contributed by atoms with Crippen molar-refractivity contribution in [1.82, 2.24) is 0 Å². The number of nitrogens with zero attached hydrogens (tertiary/aromatic N) is 1. The van der Waals surface area contributed by atoms with Gasteiger partial charge in [0.25, 0.3) is 5.69 Å². The van der Waals surface area contributed by atoms with Crippen molar-refractivity contribution in [3.05, 3.63) is 39.9 Å². The second-order valence-electron chi connectivity index (χ2n) is 2.26. The summed E-state index contributed by atoms with van der Waals surface area (Å²) in [4.78, 5) is 18.4. The number of hydrogen-bond acceptors (Lipinski definition) is 3. The Labute approximate surface area is 71.2 Å². The smallest absolute Gasteiger partial charge is 0.269 e. The van der Waals surface area contributed by atoms with Crippen LogP contribution in [0.15, 0.2) is 24.3 Å². The Balaban J connectivity index is 2.78. The third-order valence-electron chi connectivity index (χ3n) is 1.43. The van der Waals surface area contributed by atoms with Gasteiger partial charge in [-0.15, -0.1) is 0 Å². The van der Waals surface area contributed by atoms with Crippen molar-refractivity contribution in [3.63, 3.8) is 0 Å². The van der Waals surface area contributed by atoms with Crippen LogP contribution in [0.2, 0.25) is 0 Å².